The van der Waals surface area contributed by atoms with Crippen LogP contribution in [0.2, 0.25) is 0 Å². The van der Waals surface area contributed by atoms with Crippen molar-refractivity contribution in [3.63, 3.8) is 0 Å². The van der Waals surface area contributed by atoms with Crippen molar-refractivity contribution in [3.05, 3.63) is 29.8 Å². The molecule has 1 fully saturated rings. The zero-order chi connectivity index (χ0) is 14.1. The lowest BCUT2D eigenvalue weighted by Crippen LogP contribution is -2.53. The molecule has 0 amide bonds. The third kappa shape index (κ3) is 2.73. The van der Waals surface area contributed by atoms with Gasteiger partial charge < -0.3 is 10.0 Å². The van der Waals surface area contributed by atoms with Gasteiger partial charge in [0, 0.05) is 37.2 Å². The molecule has 6 heteroatoms. The first-order valence-electron chi connectivity index (χ1n) is 5.95. The zero-order valence-corrected chi connectivity index (χ0v) is 10.2. The first-order chi connectivity index (χ1) is 8.86. The number of rotatable bonds is 2. The summed E-state index contributed by atoms with van der Waals surface area (Å²) < 4.78 is 37.9. The van der Waals surface area contributed by atoms with Crippen LogP contribution in [0.5, 0.6) is 0 Å². The van der Waals surface area contributed by atoms with E-state index in [4.69, 9.17) is 0 Å². The predicted molar refractivity (Wildman–Crippen MR) is 64.3 cm³/mol. The van der Waals surface area contributed by atoms with Gasteiger partial charge >= 0.3 is 6.18 Å². The molecule has 0 spiro atoms. The quantitative estimate of drug-likeness (QED) is 0.841. The van der Waals surface area contributed by atoms with Crippen LogP contribution in [0, 0.1) is 0 Å². The second-order valence-corrected chi connectivity index (χ2v) is 4.73. The Morgan fingerprint density at radius 1 is 1.16 bits per heavy atom. The molecule has 0 atom stereocenters. The summed E-state index contributed by atoms with van der Waals surface area (Å²) in [5.74, 6) is 0. The number of alkyl halides is 3. The SMILES string of the molecule is O=Cc1ccc(N2CCC(O)(C(F)(F)F)CC2)cc1. The molecule has 1 aliphatic rings. The van der Waals surface area contributed by atoms with Gasteiger partial charge in [-0.1, -0.05) is 0 Å². The van der Waals surface area contributed by atoms with Crippen LogP contribution in [0.25, 0.3) is 0 Å². The maximum Gasteiger partial charge on any atom is 0.417 e. The lowest BCUT2D eigenvalue weighted by Gasteiger charge is -2.40. The second kappa shape index (κ2) is 4.85. The van der Waals surface area contributed by atoms with Crippen molar-refractivity contribution in [1.82, 2.24) is 0 Å². The normalized spacial score (nSPS) is 19.3. The molecule has 1 N–H and O–H groups in total. The van der Waals surface area contributed by atoms with E-state index in [0.717, 1.165) is 5.69 Å². The molecule has 2 rings (SSSR count). The van der Waals surface area contributed by atoms with Crippen molar-refractivity contribution >= 4 is 12.0 Å². The summed E-state index contributed by atoms with van der Waals surface area (Å²) in [7, 11) is 0. The molecular weight excluding hydrogens is 259 g/mol. The van der Waals surface area contributed by atoms with Gasteiger partial charge in [-0.25, -0.2) is 0 Å². The van der Waals surface area contributed by atoms with Crippen molar-refractivity contribution in [2.75, 3.05) is 18.0 Å². The average molecular weight is 273 g/mol. The Bertz CT molecular complexity index is 448. The summed E-state index contributed by atoms with van der Waals surface area (Å²) in [5.41, 5.74) is -1.30. The molecule has 1 heterocycles. The average Bonchev–Trinajstić information content (AvgIpc) is 2.39. The van der Waals surface area contributed by atoms with Crippen LogP contribution in [0.3, 0.4) is 0 Å². The number of anilines is 1. The van der Waals surface area contributed by atoms with E-state index in [1.165, 1.54) is 0 Å². The van der Waals surface area contributed by atoms with Crippen LogP contribution in [0.4, 0.5) is 18.9 Å². The molecule has 0 bridgehead atoms. The Balaban J connectivity index is 2.05. The highest BCUT2D eigenvalue weighted by atomic mass is 19.4. The highest BCUT2D eigenvalue weighted by Crippen LogP contribution is 2.39. The minimum Gasteiger partial charge on any atom is -0.380 e. The maximum absolute atomic E-state index is 12.6. The number of hydrogen-bond donors (Lipinski definition) is 1. The fourth-order valence-corrected chi connectivity index (χ4v) is 2.18. The van der Waals surface area contributed by atoms with E-state index in [9.17, 15) is 23.1 Å². The predicted octanol–water partition coefficient (Wildman–Crippen LogP) is 2.39. The molecule has 3 nitrogen and oxygen atoms in total. The van der Waals surface area contributed by atoms with Crippen LogP contribution >= 0.6 is 0 Å². The van der Waals surface area contributed by atoms with Crippen molar-refractivity contribution in [3.8, 4) is 0 Å². The molecule has 1 aliphatic heterocycles. The molecule has 0 unspecified atom stereocenters. The van der Waals surface area contributed by atoms with E-state index < -0.39 is 11.8 Å². The summed E-state index contributed by atoms with van der Waals surface area (Å²) in [5, 5.41) is 9.56. The van der Waals surface area contributed by atoms with Gasteiger partial charge in [0.15, 0.2) is 5.60 Å². The summed E-state index contributed by atoms with van der Waals surface area (Å²) in [6.07, 6.45) is -4.55. The summed E-state index contributed by atoms with van der Waals surface area (Å²) in [4.78, 5) is 12.3. The number of carbonyl (C=O) groups excluding carboxylic acids is 1. The van der Waals surface area contributed by atoms with E-state index in [2.05, 4.69) is 0 Å². The van der Waals surface area contributed by atoms with Gasteiger partial charge in [-0.2, -0.15) is 13.2 Å². The summed E-state index contributed by atoms with van der Waals surface area (Å²) in [6, 6.07) is 6.63. The number of nitrogens with zero attached hydrogens (tertiary/aromatic N) is 1. The fourth-order valence-electron chi connectivity index (χ4n) is 2.18. The third-order valence-electron chi connectivity index (χ3n) is 3.51. The number of hydrogen-bond acceptors (Lipinski definition) is 3. The van der Waals surface area contributed by atoms with Crippen LogP contribution in [-0.4, -0.2) is 36.3 Å². The first kappa shape index (κ1) is 13.9. The van der Waals surface area contributed by atoms with Crippen molar-refractivity contribution in [2.45, 2.75) is 24.6 Å². The minimum absolute atomic E-state index is 0.135. The van der Waals surface area contributed by atoms with Crippen LogP contribution in [0.1, 0.15) is 23.2 Å². The molecule has 0 radical (unpaired) electrons. The Morgan fingerprint density at radius 3 is 2.11 bits per heavy atom. The Labute approximate surface area is 108 Å². The van der Waals surface area contributed by atoms with Gasteiger partial charge in [0.1, 0.15) is 6.29 Å². The highest BCUT2D eigenvalue weighted by Gasteiger charge is 2.54. The van der Waals surface area contributed by atoms with Crippen LogP contribution in [0.15, 0.2) is 24.3 Å². The van der Waals surface area contributed by atoms with Gasteiger partial charge in [-0.05, 0) is 24.3 Å². The number of aliphatic hydroxyl groups is 1. The van der Waals surface area contributed by atoms with E-state index in [0.29, 0.717) is 11.8 Å². The van der Waals surface area contributed by atoms with Gasteiger partial charge in [0.2, 0.25) is 0 Å². The first-order valence-corrected chi connectivity index (χ1v) is 5.95. The number of halogens is 3. The number of carbonyl (C=O) groups is 1. The Hall–Kier alpha value is -1.56. The standard InChI is InChI=1S/C13H14F3NO2/c14-13(15,16)12(19)5-7-17(8-6-12)11-3-1-10(9-18)2-4-11/h1-4,9,19H,5-8H2. The Kier molecular flexibility index (Phi) is 3.54. The van der Waals surface area contributed by atoms with E-state index in [1.807, 2.05) is 0 Å². The van der Waals surface area contributed by atoms with E-state index in [-0.39, 0.29) is 25.9 Å². The van der Waals surface area contributed by atoms with Crippen molar-refractivity contribution < 1.29 is 23.1 Å². The monoisotopic (exact) mass is 273 g/mol. The van der Waals surface area contributed by atoms with E-state index >= 15 is 0 Å². The maximum atomic E-state index is 12.6. The molecule has 1 aromatic rings. The van der Waals surface area contributed by atoms with Crippen LogP contribution < -0.4 is 4.90 Å². The molecule has 0 saturated carbocycles. The zero-order valence-electron chi connectivity index (χ0n) is 10.2. The highest BCUT2D eigenvalue weighted by molar-refractivity contribution is 5.75. The molecule has 1 aromatic carbocycles. The van der Waals surface area contributed by atoms with Crippen molar-refractivity contribution in [2.24, 2.45) is 0 Å². The van der Waals surface area contributed by atoms with Crippen molar-refractivity contribution in [1.29, 1.82) is 0 Å². The van der Waals surface area contributed by atoms with E-state index in [1.54, 1.807) is 29.2 Å². The second-order valence-electron chi connectivity index (χ2n) is 4.73. The molecule has 0 aromatic heterocycles. The molecular formula is C13H14F3NO2. The van der Waals surface area contributed by atoms with Gasteiger partial charge in [-0.15, -0.1) is 0 Å². The molecule has 1 saturated heterocycles. The lowest BCUT2D eigenvalue weighted by atomic mass is 9.90. The molecule has 104 valence electrons. The van der Waals surface area contributed by atoms with Gasteiger partial charge in [-0.3, -0.25) is 4.79 Å². The van der Waals surface area contributed by atoms with Gasteiger partial charge in [0.05, 0.1) is 0 Å². The minimum atomic E-state index is -4.58. The summed E-state index contributed by atoms with van der Waals surface area (Å²) >= 11 is 0. The number of aldehydes is 1. The van der Waals surface area contributed by atoms with Gasteiger partial charge in [0.25, 0.3) is 0 Å². The smallest absolute Gasteiger partial charge is 0.380 e. The molecule has 19 heavy (non-hydrogen) atoms. The van der Waals surface area contributed by atoms with Crippen LogP contribution in [-0.2, 0) is 0 Å². The summed E-state index contributed by atoms with van der Waals surface area (Å²) in [6.45, 7) is 0.271. The molecule has 0 aliphatic carbocycles. The third-order valence-corrected chi connectivity index (χ3v) is 3.51. The number of benzene rings is 1. The fraction of sp³-hybridized carbons (Fsp3) is 0.462. The number of piperidine rings is 1. The lowest BCUT2D eigenvalue weighted by molar-refractivity contribution is -0.266. The largest absolute Gasteiger partial charge is 0.417 e. The topological polar surface area (TPSA) is 40.5 Å². The Morgan fingerprint density at radius 2 is 1.68 bits per heavy atom.